The van der Waals surface area contributed by atoms with Gasteiger partial charge in [-0.25, -0.2) is 4.98 Å². The Morgan fingerprint density at radius 2 is 1.79 bits per heavy atom. The van der Waals surface area contributed by atoms with Crippen molar-refractivity contribution >= 4 is 39.1 Å². The number of carboxylic acids is 1. The van der Waals surface area contributed by atoms with Gasteiger partial charge in [0.25, 0.3) is 0 Å². The highest BCUT2D eigenvalue weighted by Crippen LogP contribution is 2.31. The number of nitrogens with two attached hydrogens (primary N) is 2. The van der Waals surface area contributed by atoms with Gasteiger partial charge < -0.3 is 21.3 Å². The fourth-order valence-electron chi connectivity index (χ4n) is 2.23. The Bertz CT molecular complexity index is 878. The Labute approximate surface area is 140 Å². The molecule has 24 heavy (non-hydrogen) atoms. The zero-order chi connectivity index (χ0) is 17.7. The van der Waals surface area contributed by atoms with E-state index in [0.29, 0.717) is 18.0 Å². The van der Waals surface area contributed by atoms with Crippen molar-refractivity contribution in [3.63, 3.8) is 0 Å². The molecule has 6 heteroatoms. The summed E-state index contributed by atoms with van der Waals surface area (Å²) in [6.07, 6.45) is 0.222. The van der Waals surface area contributed by atoms with Gasteiger partial charge in [-0.15, -0.1) is 0 Å². The second-order valence-electron chi connectivity index (χ2n) is 5.16. The van der Waals surface area contributed by atoms with Crippen LogP contribution in [-0.4, -0.2) is 22.7 Å². The summed E-state index contributed by atoms with van der Waals surface area (Å²) in [5, 5.41) is 9.54. The van der Waals surface area contributed by atoms with Crippen molar-refractivity contribution in [2.24, 2.45) is 0 Å². The van der Waals surface area contributed by atoms with Crippen LogP contribution in [0.2, 0.25) is 0 Å². The maximum atomic E-state index is 9.37. The molecule has 3 aromatic rings. The van der Waals surface area contributed by atoms with Gasteiger partial charge in [0.2, 0.25) is 0 Å². The minimum absolute atomic E-state index is 0.222. The average molecular weight is 327 g/mol. The Morgan fingerprint density at radius 1 is 1.08 bits per heavy atom. The number of rotatable bonds is 3. The third-order valence-electron chi connectivity index (χ3n) is 3.42. The average Bonchev–Trinajstić information content (AvgIpc) is 2.56. The van der Waals surface area contributed by atoms with E-state index >= 15 is 0 Å². The van der Waals surface area contributed by atoms with Gasteiger partial charge >= 0.3 is 5.97 Å². The Morgan fingerprint density at radius 3 is 2.42 bits per heavy atom. The van der Waals surface area contributed by atoms with Gasteiger partial charge in [0.05, 0.1) is 23.3 Å². The maximum Gasteiger partial charge on any atom is 0.303 e. The van der Waals surface area contributed by atoms with E-state index in [1.54, 1.807) is 6.92 Å². The molecule has 0 fully saturated rings. The van der Waals surface area contributed by atoms with Crippen LogP contribution in [0.5, 0.6) is 5.75 Å². The van der Waals surface area contributed by atoms with Gasteiger partial charge in [-0.1, -0.05) is 6.92 Å². The molecule has 0 radical (unpaired) electrons. The van der Waals surface area contributed by atoms with E-state index < -0.39 is 5.97 Å². The number of hydrogen-bond donors (Lipinski definition) is 3. The number of aliphatic carboxylic acids is 1. The lowest BCUT2D eigenvalue weighted by Gasteiger charge is -2.09. The zero-order valence-electron chi connectivity index (χ0n) is 13.7. The quantitative estimate of drug-likeness (QED) is 0.502. The molecule has 3 rings (SSSR count). The standard InChI is InChI=1S/C15H15N3O.C3H6O2/c1-2-19-10-4-6-13-12(8-10)15(17)11-5-3-9(16)7-14(11)18-13;1-2-3(4)5/h3-8H,2,16H2,1H3,(H2,17,18);2H2,1H3,(H,4,5). The molecule has 126 valence electrons. The van der Waals surface area contributed by atoms with E-state index in [0.717, 1.165) is 27.6 Å². The summed E-state index contributed by atoms with van der Waals surface area (Å²) in [6, 6.07) is 11.3. The zero-order valence-corrected chi connectivity index (χ0v) is 13.7. The highest BCUT2D eigenvalue weighted by atomic mass is 16.5. The van der Waals surface area contributed by atoms with E-state index in [9.17, 15) is 4.79 Å². The van der Waals surface area contributed by atoms with Crippen molar-refractivity contribution in [1.82, 2.24) is 4.98 Å². The fraction of sp³-hybridized carbons (Fsp3) is 0.222. The summed E-state index contributed by atoms with van der Waals surface area (Å²) in [6.45, 7) is 4.18. The highest BCUT2D eigenvalue weighted by molar-refractivity contribution is 6.07. The lowest BCUT2D eigenvalue weighted by molar-refractivity contribution is -0.136. The van der Waals surface area contributed by atoms with Crippen LogP contribution in [0.3, 0.4) is 0 Å². The fourth-order valence-corrected chi connectivity index (χ4v) is 2.23. The third-order valence-corrected chi connectivity index (χ3v) is 3.42. The minimum Gasteiger partial charge on any atom is -0.494 e. The van der Waals surface area contributed by atoms with Crippen LogP contribution >= 0.6 is 0 Å². The Balaban J connectivity index is 0.000000368. The molecule has 1 aromatic heterocycles. The summed E-state index contributed by atoms with van der Waals surface area (Å²) < 4.78 is 5.50. The number of carboxylic acid groups (broad SMARTS) is 1. The van der Waals surface area contributed by atoms with E-state index in [1.165, 1.54) is 0 Å². The largest absolute Gasteiger partial charge is 0.494 e. The van der Waals surface area contributed by atoms with Crippen LogP contribution < -0.4 is 16.2 Å². The van der Waals surface area contributed by atoms with Gasteiger partial charge in [-0.05, 0) is 43.3 Å². The molecular formula is C18H21N3O3. The third kappa shape index (κ3) is 3.84. The van der Waals surface area contributed by atoms with Crippen LogP contribution in [0, 0.1) is 0 Å². The Hall–Kier alpha value is -3.02. The van der Waals surface area contributed by atoms with Gasteiger partial charge in [-0.3, -0.25) is 4.79 Å². The first-order valence-corrected chi connectivity index (χ1v) is 7.69. The second-order valence-corrected chi connectivity index (χ2v) is 5.16. The molecule has 1 heterocycles. The molecule has 6 nitrogen and oxygen atoms in total. The first kappa shape index (κ1) is 17.3. The number of hydrogen-bond acceptors (Lipinski definition) is 5. The van der Waals surface area contributed by atoms with Crippen molar-refractivity contribution in [3.05, 3.63) is 36.4 Å². The summed E-state index contributed by atoms with van der Waals surface area (Å²) in [4.78, 5) is 14.0. The molecule has 0 aliphatic carbocycles. The molecule has 0 unspecified atom stereocenters. The summed E-state index contributed by atoms with van der Waals surface area (Å²) >= 11 is 0. The molecule has 0 amide bonds. The number of nitrogens with zero attached hydrogens (tertiary/aromatic N) is 1. The number of nitrogen functional groups attached to an aromatic ring is 2. The van der Waals surface area contributed by atoms with E-state index in [2.05, 4.69) is 4.98 Å². The van der Waals surface area contributed by atoms with Crippen LogP contribution in [-0.2, 0) is 4.79 Å². The van der Waals surface area contributed by atoms with Crippen LogP contribution in [0.15, 0.2) is 36.4 Å². The normalized spacial score (nSPS) is 10.2. The molecule has 0 saturated heterocycles. The number of fused-ring (bicyclic) bond motifs is 2. The highest BCUT2D eigenvalue weighted by Gasteiger charge is 2.07. The van der Waals surface area contributed by atoms with Crippen molar-refractivity contribution in [3.8, 4) is 5.75 Å². The predicted molar refractivity (Wildman–Crippen MR) is 97.2 cm³/mol. The lowest BCUT2D eigenvalue weighted by atomic mass is 10.1. The first-order chi connectivity index (χ1) is 11.5. The lowest BCUT2D eigenvalue weighted by Crippen LogP contribution is -1.96. The topological polar surface area (TPSA) is 111 Å². The molecule has 0 aliphatic rings. The summed E-state index contributed by atoms with van der Waals surface area (Å²) in [5.74, 6) is 0.0586. The molecule has 0 saturated carbocycles. The molecule has 5 N–H and O–H groups in total. The van der Waals surface area contributed by atoms with E-state index in [-0.39, 0.29) is 6.42 Å². The summed E-state index contributed by atoms with van der Waals surface area (Å²) in [7, 11) is 0. The smallest absolute Gasteiger partial charge is 0.303 e. The SMILES string of the molecule is CCC(=O)O.CCOc1ccc2nc3cc(N)ccc3c(N)c2c1. The van der Waals surface area contributed by atoms with Crippen LogP contribution in [0.4, 0.5) is 11.4 Å². The first-order valence-electron chi connectivity index (χ1n) is 7.69. The molecular weight excluding hydrogens is 306 g/mol. The van der Waals surface area contributed by atoms with Gasteiger partial charge in [0.1, 0.15) is 5.75 Å². The van der Waals surface area contributed by atoms with Gasteiger partial charge in [0.15, 0.2) is 0 Å². The number of pyridine rings is 1. The number of benzene rings is 2. The molecule has 0 spiro atoms. The second kappa shape index (κ2) is 7.50. The number of aromatic nitrogens is 1. The minimum atomic E-state index is -0.745. The molecule has 2 aromatic carbocycles. The predicted octanol–water partition coefficient (Wildman–Crippen LogP) is 3.43. The van der Waals surface area contributed by atoms with Crippen molar-refractivity contribution in [2.75, 3.05) is 18.1 Å². The van der Waals surface area contributed by atoms with Gasteiger partial charge in [-0.2, -0.15) is 0 Å². The van der Waals surface area contributed by atoms with E-state index in [4.69, 9.17) is 21.3 Å². The van der Waals surface area contributed by atoms with Gasteiger partial charge in [0, 0.05) is 22.9 Å². The molecule has 0 atom stereocenters. The van der Waals surface area contributed by atoms with Crippen molar-refractivity contribution in [2.45, 2.75) is 20.3 Å². The molecule has 0 aliphatic heterocycles. The van der Waals surface area contributed by atoms with Crippen LogP contribution in [0.1, 0.15) is 20.3 Å². The molecule has 0 bridgehead atoms. The monoisotopic (exact) mass is 327 g/mol. The van der Waals surface area contributed by atoms with Crippen molar-refractivity contribution in [1.29, 1.82) is 0 Å². The number of anilines is 2. The Kier molecular flexibility index (Phi) is 5.42. The van der Waals surface area contributed by atoms with E-state index in [1.807, 2.05) is 43.3 Å². The number of ether oxygens (including phenoxy) is 1. The summed E-state index contributed by atoms with van der Waals surface area (Å²) in [5.41, 5.74) is 15.1. The van der Waals surface area contributed by atoms with Crippen molar-refractivity contribution < 1.29 is 14.6 Å². The number of carbonyl (C=O) groups is 1. The van der Waals surface area contributed by atoms with Crippen LogP contribution in [0.25, 0.3) is 21.8 Å². The maximum absolute atomic E-state index is 9.37.